The van der Waals surface area contributed by atoms with Crippen LogP contribution < -0.4 is 4.74 Å². The van der Waals surface area contributed by atoms with Crippen LogP contribution in [0.2, 0.25) is 0 Å². The van der Waals surface area contributed by atoms with Crippen LogP contribution >= 0.6 is 0 Å². The number of hydrogen-bond acceptors (Lipinski definition) is 3. The van der Waals surface area contributed by atoms with E-state index in [4.69, 9.17) is 4.74 Å². The number of aryl methyl sites for hydroxylation is 1. The average Bonchev–Trinajstić information content (AvgIpc) is 2.90. The lowest BCUT2D eigenvalue weighted by atomic mass is 10.1. The van der Waals surface area contributed by atoms with Gasteiger partial charge in [0.05, 0.1) is 0 Å². The first-order valence-electron chi connectivity index (χ1n) is 14.4. The van der Waals surface area contributed by atoms with Crippen LogP contribution in [0.15, 0.2) is 36.7 Å². The topological polar surface area (TPSA) is 35.0 Å². The third-order valence-corrected chi connectivity index (χ3v) is 6.72. The van der Waals surface area contributed by atoms with Gasteiger partial charge in [-0.25, -0.2) is 18.7 Å². The lowest BCUT2D eigenvalue weighted by molar-refractivity contribution is 0.178. The summed E-state index contributed by atoms with van der Waals surface area (Å²) in [6, 6.07) is 7.45. The zero-order chi connectivity index (χ0) is 25.8. The molecule has 0 amide bonds. The molecule has 3 nitrogen and oxygen atoms in total. The van der Waals surface area contributed by atoms with E-state index in [1.807, 2.05) is 36.7 Å². The van der Waals surface area contributed by atoms with Crippen LogP contribution in [-0.2, 0) is 6.42 Å². The van der Waals surface area contributed by atoms with E-state index in [-0.39, 0.29) is 6.61 Å². The van der Waals surface area contributed by atoms with Gasteiger partial charge in [-0.3, -0.25) is 0 Å². The van der Waals surface area contributed by atoms with Gasteiger partial charge < -0.3 is 4.74 Å². The molecule has 0 N–H and O–H groups in total. The summed E-state index contributed by atoms with van der Waals surface area (Å²) in [6.45, 7) is 4.36. The highest BCUT2D eigenvalue weighted by atomic mass is 19.1. The summed E-state index contributed by atoms with van der Waals surface area (Å²) >= 11 is 0. The van der Waals surface area contributed by atoms with Gasteiger partial charge >= 0.3 is 0 Å². The molecule has 202 valence electrons. The Bertz CT molecular complexity index is 782. The molecule has 2 aromatic rings. The number of alkyl halides is 2. The maximum Gasteiger partial charge on any atom is 0.159 e. The number of halogens is 2. The predicted molar refractivity (Wildman–Crippen MR) is 147 cm³/mol. The standard InChI is InChI=1S/C31H48F2N2O/c1-3-5-7-8-9-10-11-13-15-26-23-34-31(35-24-26)27-19-21-30(22-20-27)36-25-29(33)18-14-17-28(32)16-12-6-4-2/h19-24,28-29H,3-18,25H2,1-2H3. The van der Waals surface area contributed by atoms with Crippen molar-refractivity contribution < 1.29 is 13.5 Å². The van der Waals surface area contributed by atoms with E-state index in [9.17, 15) is 8.78 Å². The van der Waals surface area contributed by atoms with Gasteiger partial charge in [-0.2, -0.15) is 0 Å². The molecular weight excluding hydrogens is 454 g/mol. The van der Waals surface area contributed by atoms with Crippen molar-refractivity contribution in [3.05, 3.63) is 42.2 Å². The van der Waals surface area contributed by atoms with E-state index in [1.54, 1.807) is 0 Å². The van der Waals surface area contributed by atoms with E-state index in [1.165, 1.54) is 56.9 Å². The number of benzene rings is 1. The van der Waals surface area contributed by atoms with Gasteiger partial charge in [0.15, 0.2) is 5.82 Å². The molecule has 0 aliphatic rings. The van der Waals surface area contributed by atoms with Crippen molar-refractivity contribution >= 4 is 0 Å². The maximum atomic E-state index is 14.2. The van der Waals surface area contributed by atoms with E-state index in [2.05, 4.69) is 23.8 Å². The predicted octanol–water partition coefficient (Wildman–Crippen LogP) is 9.63. The van der Waals surface area contributed by atoms with Crippen molar-refractivity contribution in [2.24, 2.45) is 0 Å². The number of rotatable bonds is 21. The van der Waals surface area contributed by atoms with E-state index in [0.717, 1.165) is 31.2 Å². The van der Waals surface area contributed by atoms with Gasteiger partial charge in [0.1, 0.15) is 24.7 Å². The molecule has 0 aliphatic heterocycles. The molecular formula is C31H48F2N2O. The Labute approximate surface area is 218 Å². The van der Waals surface area contributed by atoms with Crippen molar-refractivity contribution in [3.8, 4) is 17.1 Å². The summed E-state index contributed by atoms with van der Waals surface area (Å²) in [5, 5.41) is 0. The fraction of sp³-hybridized carbons (Fsp3) is 0.677. The normalized spacial score (nSPS) is 13.0. The second-order valence-corrected chi connectivity index (χ2v) is 10.1. The minimum atomic E-state index is -1.08. The Balaban J connectivity index is 1.63. The van der Waals surface area contributed by atoms with Crippen molar-refractivity contribution in [1.82, 2.24) is 9.97 Å². The smallest absolute Gasteiger partial charge is 0.159 e. The highest BCUT2D eigenvalue weighted by molar-refractivity contribution is 5.55. The number of ether oxygens (including phenoxy) is 1. The van der Waals surface area contributed by atoms with Gasteiger partial charge in [0, 0.05) is 18.0 Å². The molecule has 1 aromatic carbocycles. The molecule has 0 saturated carbocycles. The SMILES string of the molecule is CCCCCCCCCCc1cnc(-c2ccc(OCC(F)CCCC(F)CCCCC)cc2)nc1. The van der Waals surface area contributed by atoms with Crippen LogP contribution in [0.5, 0.6) is 5.75 Å². The van der Waals surface area contributed by atoms with Crippen LogP contribution in [-0.4, -0.2) is 28.9 Å². The molecule has 0 aliphatic carbocycles. The Morgan fingerprint density at radius 3 is 1.89 bits per heavy atom. The zero-order valence-electron chi connectivity index (χ0n) is 22.7. The summed E-state index contributed by atoms with van der Waals surface area (Å²) in [5.74, 6) is 1.31. The second-order valence-electron chi connectivity index (χ2n) is 10.1. The molecule has 2 unspecified atom stereocenters. The Hall–Kier alpha value is -2.04. The average molecular weight is 503 g/mol. The van der Waals surface area contributed by atoms with E-state index in [0.29, 0.717) is 37.3 Å². The van der Waals surface area contributed by atoms with Crippen molar-refractivity contribution in [2.75, 3.05) is 6.61 Å². The summed E-state index contributed by atoms with van der Waals surface area (Å²) in [5.41, 5.74) is 2.09. The van der Waals surface area contributed by atoms with Gasteiger partial charge in [0.25, 0.3) is 0 Å². The fourth-order valence-corrected chi connectivity index (χ4v) is 4.39. The largest absolute Gasteiger partial charge is 0.491 e. The second kappa shape index (κ2) is 19.1. The maximum absolute atomic E-state index is 14.2. The Kier molecular flexibility index (Phi) is 16.0. The molecule has 0 radical (unpaired) electrons. The van der Waals surface area contributed by atoms with Gasteiger partial charge in [-0.05, 0) is 68.4 Å². The molecule has 0 fully saturated rings. The number of hydrogen-bond donors (Lipinski definition) is 0. The van der Waals surface area contributed by atoms with Crippen LogP contribution in [0.4, 0.5) is 8.78 Å². The van der Waals surface area contributed by atoms with E-state index >= 15 is 0 Å². The van der Waals surface area contributed by atoms with Crippen LogP contribution in [0.3, 0.4) is 0 Å². The highest BCUT2D eigenvalue weighted by Crippen LogP contribution is 2.21. The van der Waals surface area contributed by atoms with Crippen molar-refractivity contribution in [1.29, 1.82) is 0 Å². The van der Waals surface area contributed by atoms with Crippen molar-refractivity contribution in [3.63, 3.8) is 0 Å². The first-order chi connectivity index (χ1) is 17.6. The lowest BCUT2D eigenvalue weighted by Gasteiger charge is -2.12. The highest BCUT2D eigenvalue weighted by Gasteiger charge is 2.11. The first kappa shape index (κ1) is 30.2. The van der Waals surface area contributed by atoms with Gasteiger partial charge in [0.2, 0.25) is 0 Å². The van der Waals surface area contributed by atoms with Gasteiger partial charge in [-0.15, -0.1) is 0 Å². The minimum absolute atomic E-state index is 0.00390. The van der Waals surface area contributed by atoms with E-state index < -0.39 is 12.3 Å². The summed E-state index contributed by atoms with van der Waals surface area (Å²) in [4.78, 5) is 9.06. The molecule has 2 rings (SSSR count). The number of aromatic nitrogens is 2. The zero-order valence-corrected chi connectivity index (χ0v) is 22.7. The molecule has 1 heterocycles. The molecule has 2 atom stereocenters. The van der Waals surface area contributed by atoms with Crippen LogP contribution in [0, 0.1) is 0 Å². The third kappa shape index (κ3) is 13.3. The lowest BCUT2D eigenvalue weighted by Crippen LogP contribution is -2.13. The number of nitrogens with zero attached hydrogens (tertiary/aromatic N) is 2. The Morgan fingerprint density at radius 2 is 1.22 bits per heavy atom. The summed E-state index contributed by atoms with van der Waals surface area (Å²) < 4.78 is 33.5. The molecule has 0 bridgehead atoms. The molecule has 1 aromatic heterocycles. The Morgan fingerprint density at radius 1 is 0.667 bits per heavy atom. The molecule has 5 heteroatoms. The van der Waals surface area contributed by atoms with Gasteiger partial charge in [-0.1, -0.05) is 78.1 Å². The summed E-state index contributed by atoms with van der Waals surface area (Å²) in [7, 11) is 0. The molecule has 36 heavy (non-hydrogen) atoms. The summed E-state index contributed by atoms with van der Waals surface area (Å²) in [6.07, 6.45) is 18.5. The molecule has 0 spiro atoms. The van der Waals surface area contributed by atoms with Crippen LogP contribution in [0.25, 0.3) is 11.4 Å². The van der Waals surface area contributed by atoms with Crippen molar-refractivity contribution in [2.45, 2.75) is 129 Å². The monoisotopic (exact) mass is 502 g/mol. The molecule has 0 saturated heterocycles. The van der Waals surface area contributed by atoms with Crippen LogP contribution in [0.1, 0.15) is 116 Å². The quantitative estimate of drug-likeness (QED) is 0.159. The fourth-order valence-electron chi connectivity index (χ4n) is 4.39. The third-order valence-electron chi connectivity index (χ3n) is 6.72. The first-order valence-corrected chi connectivity index (χ1v) is 14.4. The minimum Gasteiger partial charge on any atom is -0.491 e. The number of unbranched alkanes of at least 4 members (excludes halogenated alkanes) is 9.